The normalized spacial score (nSPS) is 10.1. The van der Waals surface area contributed by atoms with Crippen LogP contribution in [0, 0.1) is 5.63 Å². The van der Waals surface area contributed by atoms with Gasteiger partial charge >= 0.3 is 79.2 Å². The molecule has 0 rings (SSSR count). The Labute approximate surface area is 79.9 Å². The van der Waals surface area contributed by atoms with E-state index < -0.39 is 0 Å². The van der Waals surface area contributed by atoms with Gasteiger partial charge in [0.25, 0.3) is 0 Å². The summed E-state index contributed by atoms with van der Waals surface area (Å²) in [5.41, 5.74) is 2.26. The predicted molar refractivity (Wildman–Crippen MR) is 53.2 cm³/mol. The van der Waals surface area contributed by atoms with Gasteiger partial charge in [0, 0.05) is 0 Å². The van der Waals surface area contributed by atoms with Gasteiger partial charge in [0.15, 0.2) is 0 Å². The molecule has 13 heavy (non-hydrogen) atoms. The Kier molecular flexibility index (Phi) is 4.76. The molecule has 0 fully saturated rings. The Bertz CT molecular complexity index is 303. The quantitative estimate of drug-likeness (QED) is 0.515. The Morgan fingerprint density at radius 1 is 1.69 bits per heavy atom. The summed E-state index contributed by atoms with van der Waals surface area (Å²) in [6.45, 7) is 7.16. The van der Waals surface area contributed by atoms with Crippen LogP contribution in [-0.2, 0) is 9.36 Å². The maximum atomic E-state index is 11.2. The van der Waals surface area contributed by atoms with E-state index >= 15 is 0 Å². The molecule has 0 aromatic carbocycles. The predicted octanol–water partition coefficient (Wildman–Crippen LogP) is 2.05. The van der Waals surface area contributed by atoms with Crippen molar-refractivity contribution in [3.05, 3.63) is 12.7 Å². The van der Waals surface area contributed by atoms with Crippen LogP contribution in [0.1, 0.15) is 20.3 Å². The third kappa shape index (κ3) is 3.63. The molecule has 0 unspecified atom stereocenters. The first-order valence-electron chi connectivity index (χ1n) is 3.91. The van der Waals surface area contributed by atoms with Gasteiger partial charge < -0.3 is 0 Å². The molecule has 0 aliphatic heterocycles. The van der Waals surface area contributed by atoms with E-state index in [2.05, 4.69) is 12.2 Å². The van der Waals surface area contributed by atoms with Crippen molar-refractivity contribution in [2.24, 2.45) is 0 Å². The van der Waals surface area contributed by atoms with Crippen LogP contribution in [0.2, 0.25) is 0 Å². The van der Waals surface area contributed by atoms with Gasteiger partial charge in [-0.2, -0.15) is 0 Å². The summed E-state index contributed by atoms with van der Waals surface area (Å²) in [6, 6.07) is 0. The number of hydrogen-bond donors (Lipinski definition) is 0. The molecule has 0 aliphatic carbocycles. The number of carbonyl (C=O) groups excluding carboxylic acids is 1. The molecule has 0 saturated heterocycles. The second-order valence-corrected chi connectivity index (χ2v) is 3.84. The summed E-state index contributed by atoms with van der Waals surface area (Å²) < 4.78 is 10.2. The molecule has 0 radical (unpaired) electrons. The molecule has 0 aliphatic rings. The summed E-state index contributed by atoms with van der Waals surface area (Å²) in [7, 11) is 1.57. The zero-order valence-electron chi connectivity index (χ0n) is 8.20. The number of rotatable bonds is 3. The number of carbonyl (C=O) groups is 1. The van der Waals surface area contributed by atoms with Gasteiger partial charge in [0.05, 0.1) is 0 Å². The first-order chi connectivity index (χ1) is 5.95. The zero-order chi connectivity index (χ0) is 10.5. The van der Waals surface area contributed by atoms with Crippen LogP contribution in [0.15, 0.2) is 12.7 Å². The van der Waals surface area contributed by atoms with Crippen molar-refractivity contribution in [3.8, 4) is 5.63 Å². The molecule has 0 aromatic heterocycles. The molecule has 72 valence electrons. The Hall–Kier alpha value is -0.780. The fraction of sp³-hybridized carbons (Fsp3) is 0.556. The van der Waals surface area contributed by atoms with Gasteiger partial charge in [-0.1, -0.05) is 0 Å². The number of likely N-dealkylation sites (N-methyl/N-ethyl adjacent to an activating group) is 1. The van der Waals surface area contributed by atoms with E-state index in [-0.39, 0.29) is 19.4 Å². The van der Waals surface area contributed by atoms with Crippen LogP contribution >= 0.6 is 7.92 Å². The van der Waals surface area contributed by atoms with Gasteiger partial charge in [-0.15, -0.1) is 0 Å². The van der Waals surface area contributed by atoms with Crippen LogP contribution in [0.5, 0.6) is 0 Å². The van der Waals surface area contributed by atoms with Crippen molar-refractivity contribution in [1.82, 2.24) is 4.90 Å². The van der Waals surface area contributed by atoms with Gasteiger partial charge in [-0.25, -0.2) is 0 Å². The van der Waals surface area contributed by atoms with E-state index in [4.69, 9.17) is 0 Å². The summed E-state index contributed by atoms with van der Waals surface area (Å²) >= 11 is 0. The minimum atomic E-state index is -0.372. The third-order valence-corrected chi connectivity index (χ3v) is 2.28. The van der Waals surface area contributed by atoms with E-state index in [1.807, 2.05) is 13.8 Å². The topological polar surface area (TPSA) is 37.4 Å². The molecule has 0 spiro atoms. The van der Waals surface area contributed by atoms with E-state index in [1.165, 1.54) is 6.08 Å². The molecule has 0 heterocycles. The Balaban J connectivity index is 4.57. The standard InChI is InChI=1S/C9H14NO2P/c1-5-8(11)10(4)9(2,3)6-7-13-12/h5H,1,6H2,2-4H3. The van der Waals surface area contributed by atoms with Crippen molar-refractivity contribution in [2.45, 2.75) is 25.8 Å². The van der Waals surface area contributed by atoms with Crippen LogP contribution in [0.3, 0.4) is 0 Å². The molecule has 0 aromatic rings. The van der Waals surface area contributed by atoms with Crippen molar-refractivity contribution in [3.63, 3.8) is 0 Å². The number of hydrogen-bond acceptors (Lipinski definition) is 2. The molecule has 0 N–H and O–H groups in total. The third-order valence-electron chi connectivity index (χ3n) is 1.99. The molecule has 1 amide bonds. The van der Waals surface area contributed by atoms with Gasteiger partial charge in [0.2, 0.25) is 0 Å². The van der Waals surface area contributed by atoms with Crippen molar-refractivity contribution in [1.29, 1.82) is 0 Å². The fourth-order valence-electron chi connectivity index (χ4n) is 0.780. The van der Waals surface area contributed by atoms with Gasteiger partial charge in [0.1, 0.15) is 0 Å². The molecular weight excluding hydrogens is 185 g/mol. The van der Waals surface area contributed by atoms with E-state index in [1.54, 1.807) is 11.9 Å². The SMILES string of the molecule is C=CC(=O)N(C)C(C)(C)CC#P=O. The van der Waals surface area contributed by atoms with E-state index in [0.29, 0.717) is 6.42 Å². The Morgan fingerprint density at radius 3 is 2.62 bits per heavy atom. The average molecular weight is 199 g/mol. The van der Waals surface area contributed by atoms with Crippen LogP contribution in [0.25, 0.3) is 0 Å². The first kappa shape index (κ1) is 12.2. The molecule has 3 nitrogen and oxygen atoms in total. The van der Waals surface area contributed by atoms with Crippen LogP contribution in [0.4, 0.5) is 0 Å². The average Bonchev–Trinajstić information content (AvgIpc) is 2.12. The van der Waals surface area contributed by atoms with E-state index in [9.17, 15) is 9.36 Å². The first-order valence-corrected chi connectivity index (χ1v) is 4.72. The van der Waals surface area contributed by atoms with Gasteiger partial charge in [-0.05, 0) is 0 Å². The minimum absolute atomic E-state index is 0.122. The van der Waals surface area contributed by atoms with Crippen molar-refractivity contribution in [2.75, 3.05) is 7.05 Å². The summed E-state index contributed by atoms with van der Waals surface area (Å²) in [6.07, 6.45) is 1.73. The molecule has 0 bridgehead atoms. The summed E-state index contributed by atoms with van der Waals surface area (Å²) in [5, 5.41) is 0. The molecule has 0 atom stereocenters. The van der Waals surface area contributed by atoms with E-state index in [0.717, 1.165) is 0 Å². The zero-order valence-corrected chi connectivity index (χ0v) is 9.10. The summed E-state index contributed by atoms with van der Waals surface area (Å²) in [5.74, 6) is -0.144. The van der Waals surface area contributed by atoms with Crippen LogP contribution < -0.4 is 0 Å². The molecular formula is C9H14NO2P. The molecule has 0 saturated carbocycles. The Morgan fingerprint density at radius 2 is 2.23 bits per heavy atom. The number of amides is 1. The second kappa shape index (κ2) is 5.06. The fourth-order valence-corrected chi connectivity index (χ4v) is 1.23. The maximum absolute atomic E-state index is 11.2. The van der Waals surface area contributed by atoms with Crippen molar-refractivity contribution < 1.29 is 9.36 Å². The van der Waals surface area contributed by atoms with Crippen LogP contribution in [-0.4, -0.2) is 23.4 Å². The molecule has 4 heteroatoms. The monoisotopic (exact) mass is 199 g/mol. The summed E-state index contributed by atoms with van der Waals surface area (Å²) in [4.78, 5) is 12.8. The van der Waals surface area contributed by atoms with Gasteiger partial charge in [-0.3, -0.25) is 0 Å². The second-order valence-electron chi connectivity index (χ2n) is 3.34. The number of nitrogens with zero attached hydrogens (tertiary/aromatic N) is 1. The van der Waals surface area contributed by atoms with Crippen molar-refractivity contribution >= 4 is 13.8 Å².